The van der Waals surface area contributed by atoms with Crippen molar-refractivity contribution in [3.8, 4) is 5.88 Å². The van der Waals surface area contributed by atoms with E-state index in [-0.39, 0.29) is 47.3 Å². The number of nitrogen functional groups attached to an aromatic ring is 1. The van der Waals surface area contributed by atoms with Gasteiger partial charge in [-0.05, 0) is 75.5 Å². The summed E-state index contributed by atoms with van der Waals surface area (Å²) >= 11 is 0. The number of carbonyl (C=O) groups is 3. The zero-order valence-electron chi connectivity index (χ0n) is 23.5. The van der Waals surface area contributed by atoms with Crippen molar-refractivity contribution in [3.05, 3.63) is 26.4 Å². The second-order valence-corrected chi connectivity index (χ2v) is 13.0. The van der Waals surface area contributed by atoms with E-state index in [4.69, 9.17) is 11.1 Å². The number of nitrogens with one attached hydrogen (secondary N) is 2. The average molecular weight is 570 g/mol. The van der Waals surface area contributed by atoms with E-state index in [1.54, 1.807) is 4.90 Å². The summed E-state index contributed by atoms with van der Waals surface area (Å²) in [7, 11) is 1.51. The summed E-state index contributed by atoms with van der Waals surface area (Å²) in [5.41, 5.74) is 2.91. The van der Waals surface area contributed by atoms with E-state index in [0.29, 0.717) is 51.5 Å². The van der Waals surface area contributed by atoms with E-state index in [1.807, 2.05) is 0 Å². The minimum absolute atomic E-state index is 0.0332. The van der Waals surface area contributed by atoms with Crippen LogP contribution < -0.4 is 22.3 Å². The third-order valence-corrected chi connectivity index (χ3v) is 10.5. The van der Waals surface area contributed by atoms with Crippen molar-refractivity contribution >= 4 is 23.7 Å². The van der Waals surface area contributed by atoms with Gasteiger partial charge >= 0.3 is 11.7 Å². The van der Waals surface area contributed by atoms with Crippen LogP contribution in [-0.2, 0) is 16.1 Å². The van der Waals surface area contributed by atoms with Crippen molar-refractivity contribution in [1.29, 1.82) is 5.41 Å². The van der Waals surface area contributed by atoms with Crippen LogP contribution in [0.25, 0.3) is 0 Å². The van der Waals surface area contributed by atoms with Crippen molar-refractivity contribution in [1.82, 2.24) is 24.3 Å². The van der Waals surface area contributed by atoms with Gasteiger partial charge in [0.2, 0.25) is 11.8 Å². The Morgan fingerprint density at radius 2 is 1.71 bits per heavy atom. The molecule has 0 radical (unpaired) electrons. The highest BCUT2D eigenvalue weighted by Gasteiger charge is 2.68. The van der Waals surface area contributed by atoms with Gasteiger partial charge in [-0.3, -0.25) is 33.8 Å². The van der Waals surface area contributed by atoms with Gasteiger partial charge in [0.15, 0.2) is 0 Å². The van der Waals surface area contributed by atoms with Gasteiger partial charge in [0.25, 0.3) is 11.5 Å². The molecular weight excluding hydrogens is 530 g/mol. The number of amidine groups is 1. The molecule has 2 saturated heterocycles. The fourth-order valence-electron chi connectivity index (χ4n) is 8.04. The lowest BCUT2D eigenvalue weighted by Gasteiger charge is -2.58. The first-order valence-electron chi connectivity index (χ1n) is 14.8. The van der Waals surface area contributed by atoms with E-state index in [2.05, 4.69) is 5.32 Å². The van der Waals surface area contributed by atoms with E-state index in [9.17, 15) is 29.1 Å². The third kappa shape index (κ3) is 4.26. The zero-order valence-corrected chi connectivity index (χ0v) is 23.5. The number of nitrogens with zero attached hydrogens (tertiary/aromatic N) is 4. The molecule has 2 spiro atoms. The number of imide groups is 1. The minimum atomic E-state index is -0.923. The van der Waals surface area contributed by atoms with Crippen LogP contribution in [0.15, 0.2) is 9.59 Å². The molecule has 5 N–H and O–H groups in total. The fourth-order valence-corrected chi connectivity index (χ4v) is 8.04. The van der Waals surface area contributed by atoms with Gasteiger partial charge in [0, 0.05) is 38.6 Å². The summed E-state index contributed by atoms with van der Waals surface area (Å²) in [4.78, 5) is 68.1. The van der Waals surface area contributed by atoms with Crippen LogP contribution in [0, 0.1) is 16.7 Å². The number of carbonyl (C=O) groups excluding carboxylic acids is 3. The summed E-state index contributed by atoms with van der Waals surface area (Å²) in [6.45, 7) is 0.585. The van der Waals surface area contributed by atoms with Gasteiger partial charge in [-0.25, -0.2) is 9.59 Å². The first-order chi connectivity index (χ1) is 19.5. The highest BCUT2D eigenvalue weighted by atomic mass is 16.3. The molecule has 4 amide bonds. The van der Waals surface area contributed by atoms with Crippen LogP contribution in [0.3, 0.4) is 0 Å². The molecule has 13 nitrogen and oxygen atoms in total. The van der Waals surface area contributed by atoms with E-state index in [1.165, 1.54) is 21.1 Å². The fraction of sp³-hybridized carbons (Fsp3) is 0.714. The molecule has 1 atom stereocenters. The molecule has 0 bridgehead atoms. The van der Waals surface area contributed by atoms with Crippen molar-refractivity contribution in [3.63, 3.8) is 0 Å². The standard InChI is InChI=1S/C28H39N7O6/c1-32-24(39)28(34(25(32)40)13-17-6-3-7-19(36)31-17)14-27(15-28)10-8-18(9-11-27)35-23(38)20(21(29)30)22(37)33(26(35)41)12-16-4-2-5-16/h16-18,37H,2-15H2,1H3,(H3,29,30)(H,31,36). The molecule has 13 heteroatoms. The molecule has 2 aliphatic heterocycles. The summed E-state index contributed by atoms with van der Waals surface area (Å²) in [5.74, 6) is -1.11. The molecule has 3 heterocycles. The molecule has 3 aliphatic carbocycles. The van der Waals surface area contributed by atoms with Crippen LogP contribution in [0.4, 0.5) is 4.79 Å². The predicted octanol–water partition coefficient (Wildman–Crippen LogP) is 0.997. The molecular formula is C28H39N7O6. The zero-order chi connectivity index (χ0) is 29.3. The van der Waals surface area contributed by atoms with Crippen molar-refractivity contribution in [2.75, 3.05) is 13.6 Å². The predicted molar refractivity (Wildman–Crippen MR) is 148 cm³/mol. The van der Waals surface area contributed by atoms with Crippen LogP contribution in [0.5, 0.6) is 5.88 Å². The average Bonchev–Trinajstić information content (AvgIpc) is 3.04. The maximum atomic E-state index is 13.5. The van der Waals surface area contributed by atoms with Crippen LogP contribution in [-0.4, -0.2) is 72.9 Å². The second-order valence-electron chi connectivity index (χ2n) is 13.0. The van der Waals surface area contributed by atoms with Gasteiger partial charge in [-0.1, -0.05) is 6.42 Å². The van der Waals surface area contributed by atoms with Crippen molar-refractivity contribution < 1.29 is 19.5 Å². The van der Waals surface area contributed by atoms with Gasteiger partial charge in [-0.2, -0.15) is 0 Å². The Morgan fingerprint density at radius 3 is 2.29 bits per heavy atom. The molecule has 5 aliphatic rings. The number of rotatable bonds is 6. The largest absolute Gasteiger partial charge is 0.494 e. The topological polar surface area (TPSA) is 184 Å². The number of amides is 4. The number of piperidine rings is 1. The highest BCUT2D eigenvalue weighted by molar-refractivity contribution is 6.07. The van der Waals surface area contributed by atoms with Crippen LogP contribution in [0.1, 0.15) is 88.7 Å². The summed E-state index contributed by atoms with van der Waals surface area (Å²) in [6, 6.07) is -0.930. The number of hydrogen-bond acceptors (Lipinski definition) is 7. The van der Waals surface area contributed by atoms with E-state index in [0.717, 1.165) is 32.1 Å². The molecule has 3 saturated carbocycles. The van der Waals surface area contributed by atoms with Gasteiger partial charge in [0.05, 0.1) is 0 Å². The number of likely N-dealkylation sites (N-methyl/N-ethyl adjacent to an activating group) is 1. The summed E-state index contributed by atoms with van der Waals surface area (Å²) in [6.07, 6.45) is 8.33. The van der Waals surface area contributed by atoms with Crippen molar-refractivity contribution in [2.24, 2.45) is 17.1 Å². The smallest absolute Gasteiger partial charge is 0.334 e. The SMILES string of the molecule is CN1C(=O)N(CC2CCCC(=O)N2)C2(CC3(CCC(n4c(=O)c(C(=N)N)c(O)n(CC5CCC5)c4=O)CC3)C2)C1=O. The van der Waals surface area contributed by atoms with E-state index >= 15 is 0 Å². The number of urea groups is 1. The lowest BCUT2D eigenvalue weighted by Crippen LogP contribution is -2.66. The molecule has 0 aromatic carbocycles. The quantitative estimate of drug-likeness (QED) is 0.224. The Labute approximate surface area is 237 Å². The van der Waals surface area contributed by atoms with Gasteiger partial charge < -0.3 is 21.1 Å². The highest BCUT2D eigenvalue weighted by Crippen LogP contribution is 2.62. The Hall–Kier alpha value is -3.64. The molecule has 1 unspecified atom stereocenters. The number of aromatic nitrogens is 2. The normalized spacial score (nSPS) is 31.9. The molecule has 1 aromatic rings. The minimum Gasteiger partial charge on any atom is -0.494 e. The molecule has 222 valence electrons. The maximum Gasteiger partial charge on any atom is 0.334 e. The Balaban J connectivity index is 1.21. The monoisotopic (exact) mass is 569 g/mol. The number of hydrogen-bond donors (Lipinski definition) is 4. The Kier molecular flexibility index (Phi) is 6.53. The van der Waals surface area contributed by atoms with Crippen LogP contribution in [0.2, 0.25) is 0 Å². The van der Waals surface area contributed by atoms with Crippen molar-refractivity contribution in [2.45, 2.75) is 101 Å². The maximum absolute atomic E-state index is 13.5. The van der Waals surface area contributed by atoms with Crippen LogP contribution >= 0.6 is 0 Å². The number of nitrogens with two attached hydrogens (primary N) is 1. The number of aromatic hydroxyl groups is 1. The summed E-state index contributed by atoms with van der Waals surface area (Å²) < 4.78 is 2.37. The first-order valence-corrected chi connectivity index (χ1v) is 14.8. The Morgan fingerprint density at radius 1 is 1.02 bits per heavy atom. The lowest BCUT2D eigenvalue weighted by atomic mass is 9.51. The van der Waals surface area contributed by atoms with E-state index < -0.39 is 34.5 Å². The third-order valence-electron chi connectivity index (χ3n) is 10.5. The first kappa shape index (κ1) is 27.5. The lowest BCUT2D eigenvalue weighted by molar-refractivity contribution is -0.150. The Bertz CT molecular complexity index is 1430. The van der Waals surface area contributed by atoms with Gasteiger partial charge in [-0.15, -0.1) is 0 Å². The molecule has 1 aromatic heterocycles. The molecule has 41 heavy (non-hydrogen) atoms. The molecule has 5 fully saturated rings. The molecule has 6 rings (SSSR count). The second kappa shape index (κ2) is 9.73. The summed E-state index contributed by atoms with van der Waals surface area (Å²) in [5, 5.41) is 21.6. The van der Waals surface area contributed by atoms with Gasteiger partial charge in [0.1, 0.15) is 16.9 Å².